The van der Waals surface area contributed by atoms with Gasteiger partial charge < -0.3 is 14.4 Å². The van der Waals surface area contributed by atoms with Gasteiger partial charge >= 0.3 is 5.97 Å². The van der Waals surface area contributed by atoms with Crippen LogP contribution < -0.4 is 4.74 Å². The van der Waals surface area contributed by atoms with Crippen LogP contribution in [0.5, 0.6) is 5.75 Å². The number of benzene rings is 1. The number of hydrogen-bond donors (Lipinski definition) is 0. The Balaban J connectivity index is 2.03. The van der Waals surface area contributed by atoms with E-state index >= 15 is 0 Å². The van der Waals surface area contributed by atoms with Gasteiger partial charge in [0, 0.05) is 24.6 Å². The highest BCUT2D eigenvalue weighted by molar-refractivity contribution is 5.99. The van der Waals surface area contributed by atoms with Crippen LogP contribution in [0.25, 0.3) is 0 Å². The number of likely N-dealkylation sites (N-methyl/N-ethyl adjacent to an activating group) is 1. The molecule has 3 rings (SSSR count). The van der Waals surface area contributed by atoms with Crippen molar-refractivity contribution in [2.45, 2.75) is 18.8 Å². The van der Waals surface area contributed by atoms with Crippen molar-refractivity contribution in [3.63, 3.8) is 0 Å². The van der Waals surface area contributed by atoms with Crippen molar-refractivity contribution in [2.75, 3.05) is 27.3 Å². The van der Waals surface area contributed by atoms with Gasteiger partial charge in [-0.05, 0) is 37.1 Å². The summed E-state index contributed by atoms with van der Waals surface area (Å²) in [6.45, 7) is 2.74. The molecule has 1 saturated carbocycles. The summed E-state index contributed by atoms with van der Waals surface area (Å²) in [6.07, 6.45) is 0.726. The zero-order valence-corrected chi connectivity index (χ0v) is 12.5. The van der Waals surface area contributed by atoms with Crippen LogP contribution in [0.1, 0.15) is 29.3 Å². The first kappa shape index (κ1) is 13.9. The molecule has 21 heavy (non-hydrogen) atoms. The molecule has 5 heteroatoms. The SMILES string of the molecule is CCOC(=O)C1CC12CN(C)C(=O)c1ccc(OC)cc12. The minimum atomic E-state index is -0.307. The molecule has 5 nitrogen and oxygen atoms in total. The fourth-order valence-electron chi connectivity index (χ4n) is 3.36. The number of ether oxygens (including phenoxy) is 2. The number of rotatable bonds is 3. The Kier molecular flexibility index (Phi) is 3.15. The molecule has 2 atom stereocenters. The second kappa shape index (κ2) is 4.76. The maximum absolute atomic E-state index is 12.3. The molecular weight excluding hydrogens is 270 g/mol. The molecule has 2 unspecified atom stereocenters. The first-order valence-corrected chi connectivity index (χ1v) is 7.14. The monoisotopic (exact) mass is 289 g/mol. The Morgan fingerprint density at radius 1 is 1.48 bits per heavy atom. The minimum absolute atomic E-state index is 0.00668. The number of esters is 1. The molecule has 0 aromatic heterocycles. The van der Waals surface area contributed by atoms with Gasteiger partial charge in [-0.3, -0.25) is 9.59 Å². The van der Waals surface area contributed by atoms with E-state index in [1.165, 1.54) is 0 Å². The number of hydrogen-bond acceptors (Lipinski definition) is 4. The molecule has 1 aromatic carbocycles. The summed E-state index contributed by atoms with van der Waals surface area (Å²) in [5, 5.41) is 0. The number of methoxy groups -OCH3 is 1. The molecule has 1 heterocycles. The molecule has 0 saturated heterocycles. The number of amides is 1. The lowest BCUT2D eigenvalue weighted by Gasteiger charge is -2.33. The lowest BCUT2D eigenvalue weighted by molar-refractivity contribution is -0.145. The van der Waals surface area contributed by atoms with Crippen LogP contribution in [0.15, 0.2) is 18.2 Å². The Bertz CT molecular complexity index is 612. The first-order chi connectivity index (χ1) is 10.0. The predicted octanol–water partition coefficient (Wildman–Crippen LogP) is 1.60. The lowest BCUT2D eigenvalue weighted by Crippen LogP contribution is -2.42. The van der Waals surface area contributed by atoms with Gasteiger partial charge in [0.2, 0.25) is 0 Å². The molecule has 1 amide bonds. The summed E-state index contributed by atoms with van der Waals surface area (Å²) in [5.74, 6) is 0.362. The van der Waals surface area contributed by atoms with Crippen LogP contribution in [0, 0.1) is 5.92 Å². The van der Waals surface area contributed by atoms with Gasteiger partial charge in [0.15, 0.2) is 0 Å². The average Bonchev–Trinajstić information content (AvgIpc) is 3.20. The molecular formula is C16H19NO4. The summed E-state index contributed by atoms with van der Waals surface area (Å²) in [6, 6.07) is 5.46. The Hall–Kier alpha value is -2.04. The van der Waals surface area contributed by atoms with Crippen LogP contribution in [-0.4, -0.2) is 44.1 Å². The summed E-state index contributed by atoms with van der Waals surface area (Å²) in [7, 11) is 3.37. The van der Waals surface area contributed by atoms with E-state index in [-0.39, 0.29) is 23.2 Å². The third-order valence-electron chi connectivity index (χ3n) is 4.51. The van der Waals surface area contributed by atoms with Gasteiger partial charge in [-0.1, -0.05) is 0 Å². The van der Waals surface area contributed by atoms with Gasteiger partial charge in [-0.15, -0.1) is 0 Å². The van der Waals surface area contributed by atoms with E-state index in [1.807, 2.05) is 6.07 Å². The Morgan fingerprint density at radius 3 is 2.90 bits per heavy atom. The third-order valence-corrected chi connectivity index (χ3v) is 4.51. The van der Waals surface area contributed by atoms with Crippen LogP contribution in [-0.2, 0) is 14.9 Å². The lowest BCUT2D eigenvalue weighted by atomic mass is 9.84. The molecule has 0 N–H and O–H groups in total. The van der Waals surface area contributed by atoms with Crippen molar-refractivity contribution in [3.8, 4) is 5.75 Å². The summed E-state index contributed by atoms with van der Waals surface area (Å²) in [4.78, 5) is 26.1. The van der Waals surface area contributed by atoms with Crippen molar-refractivity contribution >= 4 is 11.9 Å². The molecule has 1 fully saturated rings. The van der Waals surface area contributed by atoms with E-state index in [0.717, 1.165) is 12.0 Å². The molecule has 1 spiro atoms. The third kappa shape index (κ3) is 1.99. The van der Waals surface area contributed by atoms with Gasteiger partial charge in [-0.2, -0.15) is 0 Å². The van der Waals surface area contributed by atoms with E-state index in [1.54, 1.807) is 38.1 Å². The highest BCUT2D eigenvalue weighted by Crippen LogP contribution is 2.58. The average molecular weight is 289 g/mol. The van der Waals surface area contributed by atoms with Gasteiger partial charge in [0.1, 0.15) is 5.75 Å². The largest absolute Gasteiger partial charge is 0.497 e. The Morgan fingerprint density at radius 2 is 2.24 bits per heavy atom. The molecule has 112 valence electrons. The molecule has 0 radical (unpaired) electrons. The number of carbonyl (C=O) groups excluding carboxylic acids is 2. The topological polar surface area (TPSA) is 55.8 Å². The van der Waals surface area contributed by atoms with E-state index in [9.17, 15) is 9.59 Å². The summed E-state index contributed by atoms with van der Waals surface area (Å²) >= 11 is 0. The van der Waals surface area contributed by atoms with Crippen molar-refractivity contribution < 1.29 is 19.1 Å². The number of carbonyl (C=O) groups is 2. The molecule has 2 aliphatic rings. The van der Waals surface area contributed by atoms with E-state index in [2.05, 4.69) is 0 Å². The maximum atomic E-state index is 12.3. The summed E-state index contributed by atoms with van der Waals surface area (Å²) < 4.78 is 10.4. The van der Waals surface area contributed by atoms with Gasteiger partial charge in [-0.25, -0.2) is 0 Å². The highest BCUT2D eigenvalue weighted by Gasteiger charge is 2.63. The highest BCUT2D eigenvalue weighted by atomic mass is 16.5. The normalized spacial score (nSPS) is 26.5. The van der Waals surface area contributed by atoms with E-state index in [4.69, 9.17) is 9.47 Å². The smallest absolute Gasteiger partial charge is 0.309 e. The van der Waals surface area contributed by atoms with Crippen molar-refractivity contribution in [1.29, 1.82) is 0 Å². The van der Waals surface area contributed by atoms with Crippen LogP contribution >= 0.6 is 0 Å². The van der Waals surface area contributed by atoms with Crippen LogP contribution in [0.2, 0.25) is 0 Å². The fraction of sp³-hybridized carbons (Fsp3) is 0.500. The standard InChI is InChI=1S/C16H19NO4/c1-4-21-15(19)13-8-16(13)9-17(2)14(18)11-6-5-10(20-3)7-12(11)16/h5-7,13H,4,8-9H2,1-3H3. The van der Waals surface area contributed by atoms with Crippen molar-refractivity contribution in [1.82, 2.24) is 4.90 Å². The van der Waals surface area contributed by atoms with Crippen LogP contribution in [0.3, 0.4) is 0 Å². The predicted molar refractivity (Wildman–Crippen MR) is 76.4 cm³/mol. The van der Waals surface area contributed by atoms with Gasteiger partial charge in [0.25, 0.3) is 5.91 Å². The Labute approximate surface area is 123 Å². The van der Waals surface area contributed by atoms with Gasteiger partial charge in [0.05, 0.1) is 19.6 Å². The van der Waals surface area contributed by atoms with Crippen molar-refractivity contribution in [3.05, 3.63) is 29.3 Å². The second-order valence-electron chi connectivity index (χ2n) is 5.74. The van der Waals surface area contributed by atoms with Crippen LogP contribution in [0.4, 0.5) is 0 Å². The molecule has 1 aliphatic heterocycles. The second-order valence-corrected chi connectivity index (χ2v) is 5.74. The van der Waals surface area contributed by atoms with E-state index < -0.39 is 0 Å². The zero-order valence-electron chi connectivity index (χ0n) is 12.5. The van der Waals surface area contributed by atoms with Crippen molar-refractivity contribution in [2.24, 2.45) is 5.92 Å². The minimum Gasteiger partial charge on any atom is -0.497 e. The number of nitrogens with zero attached hydrogens (tertiary/aromatic N) is 1. The fourth-order valence-corrected chi connectivity index (χ4v) is 3.36. The molecule has 0 bridgehead atoms. The maximum Gasteiger partial charge on any atom is 0.309 e. The number of fused-ring (bicyclic) bond motifs is 2. The first-order valence-electron chi connectivity index (χ1n) is 7.14. The molecule has 1 aromatic rings. The summed E-state index contributed by atoms with van der Waals surface area (Å²) in [5.41, 5.74) is 1.28. The zero-order chi connectivity index (χ0) is 15.2. The molecule has 1 aliphatic carbocycles. The van der Waals surface area contributed by atoms with E-state index in [0.29, 0.717) is 24.5 Å². The quantitative estimate of drug-likeness (QED) is 0.793.